The van der Waals surface area contributed by atoms with Crippen molar-refractivity contribution in [1.82, 2.24) is 0 Å². The summed E-state index contributed by atoms with van der Waals surface area (Å²) < 4.78 is 26.6. The van der Waals surface area contributed by atoms with E-state index in [1.165, 1.54) is 14.2 Å². The van der Waals surface area contributed by atoms with Gasteiger partial charge in [0.05, 0.1) is 45.3 Å². The van der Waals surface area contributed by atoms with Crippen LogP contribution in [0.25, 0.3) is 0 Å². The van der Waals surface area contributed by atoms with Crippen molar-refractivity contribution in [2.75, 3.05) is 39.4 Å². The molecule has 0 radical (unpaired) electrons. The molecule has 1 saturated heterocycles. The Labute approximate surface area is 123 Å². The lowest BCUT2D eigenvalue weighted by molar-refractivity contribution is -0.0450. The minimum Gasteiger partial charge on any atom is -0.493 e. The molecule has 0 bridgehead atoms. The van der Waals surface area contributed by atoms with Crippen molar-refractivity contribution in [2.45, 2.75) is 13.2 Å². The minimum absolute atomic E-state index is 0.283. The minimum atomic E-state index is -0.619. The fourth-order valence-electron chi connectivity index (χ4n) is 2.10. The van der Waals surface area contributed by atoms with Crippen LogP contribution in [0.2, 0.25) is 0 Å². The second-order valence-electron chi connectivity index (χ2n) is 4.18. The first kappa shape index (κ1) is 15.4. The quantitative estimate of drug-likeness (QED) is 0.899. The second-order valence-corrected chi connectivity index (χ2v) is 4.18. The van der Waals surface area contributed by atoms with E-state index >= 15 is 0 Å². The lowest BCUT2D eigenvalue weighted by Gasteiger charge is -2.20. The summed E-state index contributed by atoms with van der Waals surface area (Å²) in [6.07, 6.45) is -1.17. The number of carbonyl (C=O) groups excluding carboxylic acids is 1. The van der Waals surface area contributed by atoms with Gasteiger partial charge in [-0.05, 0) is 19.1 Å². The topological polar surface area (TPSA) is 75.3 Å². The Morgan fingerprint density at radius 3 is 2.57 bits per heavy atom. The van der Waals surface area contributed by atoms with Crippen LogP contribution in [0.3, 0.4) is 0 Å². The highest BCUT2D eigenvalue weighted by Gasteiger charge is 2.28. The van der Waals surface area contributed by atoms with Gasteiger partial charge in [-0.3, -0.25) is 5.32 Å². The van der Waals surface area contributed by atoms with Crippen LogP contribution in [0.5, 0.6) is 11.5 Å². The third kappa shape index (κ3) is 3.37. The van der Waals surface area contributed by atoms with E-state index in [4.69, 9.17) is 23.7 Å². The molecule has 1 heterocycles. The van der Waals surface area contributed by atoms with Gasteiger partial charge in [-0.25, -0.2) is 4.79 Å². The molecule has 7 nitrogen and oxygen atoms in total. The van der Waals surface area contributed by atoms with Gasteiger partial charge in [0.2, 0.25) is 0 Å². The molecule has 1 N–H and O–H groups in total. The predicted molar refractivity (Wildman–Crippen MR) is 74.8 cm³/mol. The molecule has 0 unspecified atom stereocenters. The van der Waals surface area contributed by atoms with E-state index in [1.54, 1.807) is 19.1 Å². The highest BCUT2D eigenvalue weighted by Crippen LogP contribution is 2.42. The summed E-state index contributed by atoms with van der Waals surface area (Å²) in [5.74, 6) is 0.986. The molecule has 1 aliphatic rings. The zero-order valence-electron chi connectivity index (χ0n) is 12.3. The SMILES string of the molecule is CCOC(=O)Nc1ccc(OC)c(OC)c1C1OCCO1. The molecular weight excluding hydrogens is 278 g/mol. The molecule has 0 aliphatic carbocycles. The molecule has 0 atom stereocenters. The third-order valence-electron chi connectivity index (χ3n) is 2.95. The molecule has 1 aliphatic heterocycles. The molecule has 1 aromatic rings. The first-order valence-corrected chi connectivity index (χ1v) is 6.63. The molecule has 7 heteroatoms. The predicted octanol–water partition coefficient (Wildman–Crippen LogP) is 2.32. The van der Waals surface area contributed by atoms with Gasteiger partial charge in [-0.2, -0.15) is 0 Å². The normalized spacial score (nSPS) is 14.8. The Hall–Kier alpha value is -1.99. The maximum atomic E-state index is 11.6. The van der Waals surface area contributed by atoms with Crippen molar-refractivity contribution in [3.05, 3.63) is 17.7 Å². The summed E-state index contributed by atoms with van der Waals surface area (Å²) in [7, 11) is 3.06. The summed E-state index contributed by atoms with van der Waals surface area (Å²) in [6, 6.07) is 3.39. The molecule has 116 valence electrons. The van der Waals surface area contributed by atoms with E-state index in [2.05, 4.69) is 5.32 Å². The van der Waals surface area contributed by atoms with Gasteiger partial charge < -0.3 is 23.7 Å². The van der Waals surface area contributed by atoms with Gasteiger partial charge in [0.1, 0.15) is 0 Å². The zero-order chi connectivity index (χ0) is 15.2. The van der Waals surface area contributed by atoms with Gasteiger partial charge in [-0.15, -0.1) is 0 Å². The van der Waals surface area contributed by atoms with E-state index in [1.807, 2.05) is 0 Å². The van der Waals surface area contributed by atoms with Crippen molar-refractivity contribution >= 4 is 11.8 Å². The first-order valence-electron chi connectivity index (χ1n) is 6.63. The van der Waals surface area contributed by atoms with E-state index < -0.39 is 12.4 Å². The summed E-state index contributed by atoms with van der Waals surface area (Å²) in [5.41, 5.74) is 1.07. The lowest BCUT2D eigenvalue weighted by atomic mass is 10.1. The van der Waals surface area contributed by atoms with Crippen LogP contribution < -0.4 is 14.8 Å². The molecule has 0 spiro atoms. The maximum absolute atomic E-state index is 11.6. The highest BCUT2D eigenvalue weighted by atomic mass is 16.7. The van der Waals surface area contributed by atoms with Crippen molar-refractivity contribution in [3.8, 4) is 11.5 Å². The van der Waals surface area contributed by atoms with E-state index in [-0.39, 0.29) is 6.61 Å². The number of methoxy groups -OCH3 is 2. The molecular formula is C14H19NO6. The van der Waals surface area contributed by atoms with Crippen LogP contribution in [0.4, 0.5) is 10.5 Å². The number of rotatable bonds is 5. The number of ether oxygens (including phenoxy) is 5. The molecule has 1 amide bonds. The third-order valence-corrected chi connectivity index (χ3v) is 2.95. The van der Waals surface area contributed by atoms with Gasteiger partial charge in [0.25, 0.3) is 0 Å². The van der Waals surface area contributed by atoms with Crippen LogP contribution in [-0.4, -0.2) is 40.1 Å². The Morgan fingerprint density at radius 2 is 2.00 bits per heavy atom. The summed E-state index contributed by atoms with van der Waals surface area (Å²) in [4.78, 5) is 11.6. The maximum Gasteiger partial charge on any atom is 0.411 e. The smallest absolute Gasteiger partial charge is 0.411 e. The fourth-order valence-corrected chi connectivity index (χ4v) is 2.10. The molecule has 1 aromatic carbocycles. The van der Waals surface area contributed by atoms with Crippen LogP contribution in [-0.2, 0) is 14.2 Å². The van der Waals surface area contributed by atoms with Crippen LogP contribution in [0, 0.1) is 0 Å². The van der Waals surface area contributed by atoms with Crippen molar-refractivity contribution in [2.24, 2.45) is 0 Å². The number of hydrogen-bond acceptors (Lipinski definition) is 6. The van der Waals surface area contributed by atoms with E-state index in [0.29, 0.717) is 36.0 Å². The first-order chi connectivity index (χ1) is 10.2. The fraction of sp³-hybridized carbons (Fsp3) is 0.500. The Bertz CT molecular complexity index is 498. The second kappa shape index (κ2) is 7.14. The number of hydrogen-bond donors (Lipinski definition) is 1. The molecule has 1 fully saturated rings. The van der Waals surface area contributed by atoms with E-state index in [9.17, 15) is 4.79 Å². The number of nitrogens with one attached hydrogen (secondary N) is 1. The van der Waals surface area contributed by atoms with Crippen LogP contribution in [0.1, 0.15) is 18.8 Å². The average molecular weight is 297 g/mol. The van der Waals surface area contributed by atoms with Gasteiger partial charge in [0.15, 0.2) is 17.8 Å². The van der Waals surface area contributed by atoms with Gasteiger partial charge >= 0.3 is 6.09 Å². The molecule has 0 aromatic heterocycles. The molecule has 0 saturated carbocycles. The summed E-state index contributed by atoms with van der Waals surface area (Å²) in [5, 5.41) is 2.66. The average Bonchev–Trinajstić information content (AvgIpc) is 3.00. The van der Waals surface area contributed by atoms with Crippen molar-refractivity contribution < 1.29 is 28.5 Å². The van der Waals surface area contributed by atoms with Crippen molar-refractivity contribution in [3.63, 3.8) is 0 Å². The van der Waals surface area contributed by atoms with Crippen LogP contribution in [0.15, 0.2) is 12.1 Å². The number of anilines is 1. The lowest BCUT2D eigenvalue weighted by Crippen LogP contribution is -2.16. The monoisotopic (exact) mass is 297 g/mol. The Balaban J connectivity index is 2.40. The van der Waals surface area contributed by atoms with E-state index in [0.717, 1.165) is 0 Å². The zero-order valence-corrected chi connectivity index (χ0v) is 12.3. The van der Waals surface area contributed by atoms with Crippen molar-refractivity contribution in [1.29, 1.82) is 0 Å². The number of benzene rings is 1. The molecule has 2 rings (SSSR count). The van der Waals surface area contributed by atoms with Crippen LogP contribution >= 0.6 is 0 Å². The Morgan fingerprint density at radius 1 is 1.29 bits per heavy atom. The van der Waals surface area contributed by atoms with Gasteiger partial charge in [-0.1, -0.05) is 0 Å². The largest absolute Gasteiger partial charge is 0.493 e. The molecule has 21 heavy (non-hydrogen) atoms. The summed E-state index contributed by atoms with van der Waals surface area (Å²) >= 11 is 0. The summed E-state index contributed by atoms with van der Waals surface area (Å²) in [6.45, 7) is 2.97. The highest BCUT2D eigenvalue weighted by molar-refractivity contribution is 5.87. The number of amides is 1. The Kier molecular flexibility index (Phi) is 5.24. The number of carbonyl (C=O) groups is 1. The van der Waals surface area contributed by atoms with Gasteiger partial charge in [0, 0.05) is 0 Å². The standard InChI is InChI=1S/C14H19NO6/c1-4-19-14(16)15-9-5-6-10(17-2)12(18-3)11(9)13-20-7-8-21-13/h5-6,13H,4,7-8H2,1-3H3,(H,15,16).